The Kier molecular flexibility index (Phi) is 8.39. The lowest BCUT2D eigenvalue weighted by atomic mass is 9.77. The minimum atomic E-state index is -1.03. The lowest BCUT2D eigenvalue weighted by Crippen LogP contribution is -2.71. The van der Waals surface area contributed by atoms with Gasteiger partial charge >= 0.3 is 5.85 Å². The lowest BCUT2D eigenvalue weighted by Gasteiger charge is -2.49. The van der Waals surface area contributed by atoms with E-state index in [0.29, 0.717) is 0 Å². The van der Waals surface area contributed by atoms with Crippen LogP contribution in [0.3, 0.4) is 0 Å². The van der Waals surface area contributed by atoms with Crippen LogP contribution >= 0.6 is 0 Å². The fourth-order valence-corrected chi connectivity index (χ4v) is 10.8. The Bertz CT molecular complexity index is 3080. The minimum absolute atomic E-state index is 0.0317. The lowest BCUT2D eigenvalue weighted by molar-refractivity contribution is -0.774. The van der Waals surface area contributed by atoms with Gasteiger partial charge in [0.1, 0.15) is 17.5 Å². The number of nitrogens with zero attached hydrogens (tertiary/aromatic N) is 3. The van der Waals surface area contributed by atoms with E-state index in [4.69, 9.17) is 4.74 Å². The molecule has 4 aliphatic heterocycles. The number of pyridine rings is 1. The summed E-state index contributed by atoms with van der Waals surface area (Å²) in [6.07, 6.45) is 2.07. The second-order valence-electron chi connectivity index (χ2n) is 23.0. The number of para-hydroxylation sites is 1. The average molecular weight is 841 g/mol. The van der Waals surface area contributed by atoms with Gasteiger partial charge in [-0.25, -0.2) is 4.90 Å². The molecule has 0 bridgehead atoms. The van der Waals surface area contributed by atoms with Gasteiger partial charge in [0.2, 0.25) is 5.69 Å². The van der Waals surface area contributed by atoms with Gasteiger partial charge in [-0.2, -0.15) is 0 Å². The van der Waals surface area contributed by atoms with E-state index in [0.717, 1.165) is 5.75 Å². The Morgan fingerprint density at radius 1 is 0.516 bits per heavy atom. The molecule has 6 aromatic carbocycles. The minimum Gasteiger partial charge on any atom is -0.410 e. The van der Waals surface area contributed by atoms with Gasteiger partial charge < -0.3 is 9.64 Å². The fourth-order valence-electron chi connectivity index (χ4n) is 10.8. The van der Waals surface area contributed by atoms with E-state index in [-0.39, 0.29) is 27.8 Å². The zero-order valence-corrected chi connectivity index (χ0v) is 40.0. The van der Waals surface area contributed by atoms with Crippen LogP contribution in [0.15, 0.2) is 134 Å². The average Bonchev–Trinajstić information content (AvgIpc) is 3.73. The third kappa shape index (κ3) is 5.76. The van der Waals surface area contributed by atoms with Crippen molar-refractivity contribution >= 4 is 17.1 Å². The highest BCUT2D eigenvalue weighted by Gasteiger charge is 2.70. The number of benzene rings is 6. The summed E-state index contributed by atoms with van der Waals surface area (Å²) in [6, 6.07) is 48.8. The number of aryl methyl sites for hydroxylation is 1. The predicted octanol–water partition coefficient (Wildman–Crippen LogP) is 15.2. The number of rotatable bonds is 3. The van der Waals surface area contributed by atoms with E-state index in [1.165, 1.54) is 101 Å². The van der Waals surface area contributed by atoms with Crippen molar-refractivity contribution in [3.63, 3.8) is 0 Å². The molecule has 0 aliphatic carbocycles. The van der Waals surface area contributed by atoms with Crippen LogP contribution in [0.1, 0.15) is 128 Å². The maximum atomic E-state index is 8.18. The van der Waals surface area contributed by atoms with E-state index in [1.807, 2.05) is 0 Å². The van der Waals surface area contributed by atoms with E-state index in [2.05, 4.69) is 238 Å². The molecule has 0 saturated carbocycles. The summed E-state index contributed by atoms with van der Waals surface area (Å²) in [4.78, 5) is 5.35. The number of hydrogen-bond acceptors (Lipinski definition) is 3. The monoisotopic (exact) mass is 840 g/mol. The van der Waals surface area contributed by atoms with Gasteiger partial charge in [-0.15, -0.1) is 4.57 Å². The first-order valence-electron chi connectivity index (χ1n) is 23.3. The van der Waals surface area contributed by atoms with Gasteiger partial charge in [0.05, 0.1) is 22.6 Å². The smallest absolute Gasteiger partial charge is 0.410 e. The topological polar surface area (TPSA) is 19.6 Å². The first kappa shape index (κ1) is 40.6. The summed E-state index contributed by atoms with van der Waals surface area (Å²) >= 11 is 0. The molecule has 4 heteroatoms. The van der Waals surface area contributed by atoms with E-state index < -0.39 is 5.85 Å². The van der Waals surface area contributed by atoms with Crippen LogP contribution in [-0.2, 0) is 27.5 Å². The molecule has 0 amide bonds. The standard InChI is InChI=1S/C60H62N3O/c1-36-22-24-37(25-23-36)39-28-29-61-51(30-39)46-33-41(57(5,6)7)32-45-43-20-17-21-50-53(43)63-55(62(50)49-27-26-40(56(2,3)4)31-44(49)38-18-15-14-16-19-38)47-34-42(58(8,9)10)35-48(59(11,12)13)54(47)64-60(61,63)52(45)46/h14-35,55H,1-13H3/q+1. The zero-order valence-electron chi connectivity index (χ0n) is 40.0. The fraction of sp³-hybridized carbons (Fsp3) is 0.317. The van der Waals surface area contributed by atoms with Crippen LogP contribution in [0.4, 0.5) is 17.1 Å². The first-order valence-corrected chi connectivity index (χ1v) is 23.3. The second-order valence-corrected chi connectivity index (χ2v) is 23.0. The molecule has 2 unspecified atom stereocenters. The van der Waals surface area contributed by atoms with Crippen molar-refractivity contribution in [3.8, 4) is 50.4 Å². The number of ether oxygens (including phenoxy) is 1. The number of fused-ring (bicyclic) bond motifs is 5. The van der Waals surface area contributed by atoms with Gasteiger partial charge in [-0.3, -0.25) is 0 Å². The third-order valence-corrected chi connectivity index (χ3v) is 14.4. The largest absolute Gasteiger partial charge is 0.432 e. The Morgan fingerprint density at radius 2 is 1.17 bits per heavy atom. The van der Waals surface area contributed by atoms with E-state index in [1.54, 1.807) is 0 Å². The molecule has 4 aliphatic rings. The Labute approximate surface area is 381 Å². The molecule has 322 valence electrons. The highest BCUT2D eigenvalue weighted by Crippen LogP contribution is 2.68. The molecule has 0 N–H and O–H groups in total. The molecule has 0 radical (unpaired) electrons. The normalized spacial score (nSPS) is 18.0. The summed E-state index contributed by atoms with van der Waals surface area (Å²) in [5.41, 5.74) is 21.7. The van der Waals surface area contributed by atoms with Crippen molar-refractivity contribution in [2.45, 2.75) is 124 Å². The van der Waals surface area contributed by atoms with Crippen molar-refractivity contribution in [2.24, 2.45) is 0 Å². The summed E-state index contributed by atoms with van der Waals surface area (Å²) in [6.45, 7) is 30.2. The van der Waals surface area contributed by atoms with Gasteiger partial charge in [0.25, 0.3) is 0 Å². The predicted molar refractivity (Wildman–Crippen MR) is 266 cm³/mol. The van der Waals surface area contributed by atoms with Gasteiger partial charge in [-0.1, -0.05) is 168 Å². The Hall–Kier alpha value is -6.13. The molecular weight excluding hydrogens is 779 g/mol. The molecule has 0 fully saturated rings. The third-order valence-electron chi connectivity index (χ3n) is 14.4. The van der Waals surface area contributed by atoms with Crippen LogP contribution in [-0.4, -0.2) is 0 Å². The van der Waals surface area contributed by atoms with Crippen molar-refractivity contribution in [3.05, 3.63) is 173 Å². The quantitative estimate of drug-likeness (QED) is 0.165. The van der Waals surface area contributed by atoms with E-state index in [9.17, 15) is 0 Å². The highest BCUT2D eigenvalue weighted by molar-refractivity contribution is 6.03. The summed E-state index contributed by atoms with van der Waals surface area (Å²) < 4.78 is 10.7. The summed E-state index contributed by atoms with van der Waals surface area (Å²) in [5, 5.41) is 0. The highest BCUT2D eigenvalue weighted by atomic mass is 16.5. The van der Waals surface area contributed by atoms with Crippen LogP contribution in [0.5, 0.6) is 5.75 Å². The molecular formula is C60H62N3O+. The molecule has 7 aromatic rings. The zero-order chi connectivity index (χ0) is 45.0. The molecule has 2 atom stereocenters. The molecule has 1 spiro atoms. The maximum Gasteiger partial charge on any atom is 0.432 e. The molecule has 0 saturated heterocycles. The molecule has 11 rings (SSSR count). The van der Waals surface area contributed by atoms with Crippen LogP contribution in [0.25, 0.3) is 44.6 Å². The Balaban J connectivity index is 1.30. The maximum absolute atomic E-state index is 8.18. The number of hydrogen-bond donors (Lipinski definition) is 0. The van der Waals surface area contributed by atoms with Crippen molar-refractivity contribution in [1.29, 1.82) is 0 Å². The first-order chi connectivity index (χ1) is 30.2. The van der Waals surface area contributed by atoms with Crippen LogP contribution < -0.4 is 19.1 Å². The Morgan fingerprint density at radius 3 is 1.84 bits per heavy atom. The number of aromatic nitrogens is 1. The van der Waals surface area contributed by atoms with Crippen molar-refractivity contribution < 1.29 is 9.30 Å². The summed E-state index contributed by atoms with van der Waals surface area (Å²) in [5.74, 6) is -0.0467. The van der Waals surface area contributed by atoms with Crippen molar-refractivity contribution in [1.82, 2.24) is 0 Å². The van der Waals surface area contributed by atoms with Crippen LogP contribution in [0.2, 0.25) is 0 Å². The van der Waals surface area contributed by atoms with Crippen molar-refractivity contribution in [2.75, 3.05) is 9.80 Å². The van der Waals surface area contributed by atoms with Gasteiger partial charge in [0, 0.05) is 39.9 Å². The van der Waals surface area contributed by atoms with Crippen LogP contribution in [0, 0.1) is 6.92 Å². The van der Waals surface area contributed by atoms with Gasteiger partial charge in [-0.05, 0) is 98.4 Å². The molecule has 1 aromatic heterocycles. The molecule has 5 heterocycles. The molecule has 4 nitrogen and oxygen atoms in total. The molecule has 64 heavy (non-hydrogen) atoms. The number of anilines is 3. The summed E-state index contributed by atoms with van der Waals surface area (Å²) in [7, 11) is 0. The second kappa shape index (κ2) is 13.2. The van der Waals surface area contributed by atoms with Gasteiger partial charge in [0.15, 0.2) is 6.20 Å². The van der Waals surface area contributed by atoms with E-state index >= 15 is 0 Å². The SMILES string of the molecule is Cc1ccc(-c2cc[n+]3c(c2)-c2cc(C(C)(C)C)cc4c2C32Oc3c(cc(C(C)(C)C)cc3C(C)(C)C)C3N(c5ccc(C(C)(C)C)cc5-c5ccccc5)c5cccc-4c5N32)cc1.